The monoisotopic (exact) mass is 441 g/mol. The first-order valence-electron chi connectivity index (χ1n) is 11.3. The number of benzene rings is 1. The van der Waals surface area contributed by atoms with Crippen LogP contribution in [0.1, 0.15) is 29.7 Å². The minimum absolute atomic E-state index is 0.102. The van der Waals surface area contributed by atoms with Crippen LogP contribution >= 0.6 is 0 Å². The Hall–Kier alpha value is -3.58. The van der Waals surface area contributed by atoms with E-state index in [4.69, 9.17) is 0 Å². The molecule has 0 aliphatic carbocycles. The van der Waals surface area contributed by atoms with Gasteiger partial charge in [0.2, 0.25) is 0 Å². The largest absolute Gasteiger partial charge is 0.328 e. The summed E-state index contributed by atoms with van der Waals surface area (Å²) in [6, 6.07) is 19.2. The lowest BCUT2D eigenvalue weighted by molar-refractivity contribution is -0.136. The summed E-state index contributed by atoms with van der Waals surface area (Å²) in [5.41, 5.74) is 2.08. The van der Waals surface area contributed by atoms with E-state index in [1.807, 2.05) is 60.8 Å². The third-order valence-corrected chi connectivity index (χ3v) is 6.66. The minimum Gasteiger partial charge on any atom is -0.305 e. The van der Waals surface area contributed by atoms with Crippen LogP contribution < -0.4 is 0 Å². The molecule has 2 aliphatic heterocycles. The van der Waals surface area contributed by atoms with E-state index >= 15 is 0 Å². The smallest absolute Gasteiger partial charge is 0.305 e. The van der Waals surface area contributed by atoms with Crippen LogP contribution in [0.25, 0.3) is 0 Å². The first kappa shape index (κ1) is 21.3. The normalized spacial score (nSPS) is 18.3. The fraction of sp³-hybridized carbons (Fsp3) is 0.308. The number of nitrogens with zero attached hydrogens (tertiary/aromatic N) is 5. The van der Waals surface area contributed by atoms with Crippen LogP contribution in [0.2, 0.25) is 0 Å². The second kappa shape index (κ2) is 9.11. The molecule has 168 valence electrons. The average Bonchev–Trinajstić information content (AvgIpc) is 3.04. The standard InChI is InChI=1S/C26H27N5O2/c32-24-26(11-15-29(16-12-26)18-22-9-6-13-27-17-22)31(19-21-7-2-1-3-8-21)25(33)30(24)20-23-10-4-5-14-28-23/h1-10,13-14,17H,11-12,15-16,18-20H2. The van der Waals surface area contributed by atoms with Gasteiger partial charge in [0.15, 0.2) is 0 Å². The number of hydrogen-bond donors (Lipinski definition) is 0. The van der Waals surface area contributed by atoms with E-state index in [9.17, 15) is 9.59 Å². The van der Waals surface area contributed by atoms with Gasteiger partial charge in [0.1, 0.15) is 5.54 Å². The van der Waals surface area contributed by atoms with Gasteiger partial charge >= 0.3 is 6.03 Å². The van der Waals surface area contributed by atoms with Crippen molar-refractivity contribution in [2.75, 3.05) is 13.1 Å². The van der Waals surface area contributed by atoms with Gasteiger partial charge in [-0.15, -0.1) is 0 Å². The van der Waals surface area contributed by atoms with Gasteiger partial charge in [0.05, 0.1) is 12.2 Å². The Labute approximate surface area is 193 Å². The topological polar surface area (TPSA) is 69.6 Å². The maximum atomic E-state index is 13.8. The van der Waals surface area contributed by atoms with Crippen LogP contribution in [0.15, 0.2) is 79.3 Å². The number of piperidine rings is 1. The van der Waals surface area contributed by atoms with Gasteiger partial charge in [-0.05, 0) is 42.2 Å². The van der Waals surface area contributed by atoms with E-state index < -0.39 is 5.54 Å². The number of rotatable bonds is 6. The Kier molecular flexibility index (Phi) is 5.88. The Morgan fingerprint density at radius 3 is 2.24 bits per heavy atom. The molecule has 7 nitrogen and oxygen atoms in total. The molecule has 7 heteroatoms. The van der Waals surface area contributed by atoms with Crippen molar-refractivity contribution in [1.29, 1.82) is 0 Å². The number of pyridine rings is 2. The van der Waals surface area contributed by atoms with Crippen molar-refractivity contribution < 1.29 is 9.59 Å². The summed E-state index contributed by atoms with van der Waals surface area (Å²) in [7, 11) is 0. The van der Waals surface area contributed by atoms with E-state index in [1.165, 1.54) is 4.90 Å². The first-order chi connectivity index (χ1) is 16.2. The fourth-order valence-corrected chi connectivity index (χ4v) is 4.88. The third-order valence-electron chi connectivity index (χ3n) is 6.66. The lowest BCUT2D eigenvalue weighted by atomic mass is 9.85. The highest BCUT2D eigenvalue weighted by atomic mass is 16.2. The molecule has 33 heavy (non-hydrogen) atoms. The number of likely N-dealkylation sites (tertiary alicyclic amines) is 1. The highest BCUT2D eigenvalue weighted by molar-refractivity contribution is 6.07. The highest BCUT2D eigenvalue weighted by Crippen LogP contribution is 2.39. The van der Waals surface area contributed by atoms with Crippen molar-refractivity contribution in [2.45, 2.75) is 38.0 Å². The molecule has 0 radical (unpaired) electrons. The van der Waals surface area contributed by atoms with Crippen LogP contribution in [-0.2, 0) is 24.4 Å². The fourth-order valence-electron chi connectivity index (χ4n) is 4.88. The summed E-state index contributed by atoms with van der Waals surface area (Å²) in [5.74, 6) is -0.102. The van der Waals surface area contributed by atoms with Gasteiger partial charge in [-0.2, -0.15) is 0 Å². The van der Waals surface area contributed by atoms with Gasteiger partial charge in [0, 0.05) is 44.8 Å². The lowest BCUT2D eigenvalue weighted by Gasteiger charge is -2.42. The maximum absolute atomic E-state index is 13.8. The van der Waals surface area contributed by atoms with Crippen LogP contribution in [0, 0.1) is 0 Å². The van der Waals surface area contributed by atoms with Crippen molar-refractivity contribution in [1.82, 2.24) is 24.7 Å². The summed E-state index contributed by atoms with van der Waals surface area (Å²) in [6.07, 6.45) is 6.57. The minimum atomic E-state index is -0.812. The number of urea groups is 1. The van der Waals surface area contributed by atoms with Crippen LogP contribution in [0.4, 0.5) is 4.79 Å². The Morgan fingerprint density at radius 1 is 0.788 bits per heavy atom. The molecule has 2 aromatic heterocycles. The predicted octanol–water partition coefficient (Wildman–Crippen LogP) is 3.48. The molecule has 1 aromatic carbocycles. The zero-order chi connectivity index (χ0) is 22.7. The molecule has 3 aromatic rings. The molecule has 0 unspecified atom stereocenters. The lowest BCUT2D eigenvalue weighted by Crippen LogP contribution is -2.56. The van der Waals surface area contributed by atoms with Crippen molar-refractivity contribution in [3.05, 3.63) is 96.1 Å². The summed E-state index contributed by atoms with van der Waals surface area (Å²) in [5, 5.41) is 0. The molecule has 2 saturated heterocycles. The highest BCUT2D eigenvalue weighted by Gasteiger charge is 2.57. The average molecular weight is 442 g/mol. The van der Waals surface area contributed by atoms with Crippen molar-refractivity contribution >= 4 is 11.9 Å². The van der Waals surface area contributed by atoms with Gasteiger partial charge in [0.25, 0.3) is 5.91 Å². The van der Waals surface area contributed by atoms with E-state index in [-0.39, 0.29) is 18.5 Å². The molecular weight excluding hydrogens is 414 g/mol. The van der Waals surface area contributed by atoms with Crippen LogP contribution in [0.3, 0.4) is 0 Å². The molecule has 0 atom stereocenters. The Bertz CT molecular complexity index is 1100. The number of aromatic nitrogens is 2. The second-order valence-electron chi connectivity index (χ2n) is 8.74. The second-order valence-corrected chi connectivity index (χ2v) is 8.74. The zero-order valence-corrected chi connectivity index (χ0v) is 18.5. The van der Waals surface area contributed by atoms with Crippen molar-refractivity contribution in [3.8, 4) is 0 Å². The number of carbonyl (C=O) groups is 2. The summed E-state index contributed by atoms with van der Waals surface area (Å²) < 4.78 is 0. The number of hydrogen-bond acceptors (Lipinski definition) is 5. The van der Waals surface area contributed by atoms with E-state index in [0.29, 0.717) is 25.1 Å². The first-order valence-corrected chi connectivity index (χ1v) is 11.3. The molecule has 4 heterocycles. The van der Waals surface area contributed by atoms with Gasteiger partial charge < -0.3 is 4.90 Å². The maximum Gasteiger partial charge on any atom is 0.328 e. The molecule has 2 aliphatic rings. The zero-order valence-electron chi connectivity index (χ0n) is 18.5. The Morgan fingerprint density at radius 2 is 1.55 bits per heavy atom. The molecule has 1 spiro atoms. The van der Waals surface area contributed by atoms with Crippen molar-refractivity contribution in [2.24, 2.45) is 0 Å². The number of carbonyl (C=O) groups excluding carboxylic acids is 2. The molecular formula is C26H27N5O2. The number of amides is 3. The molecule has 0 bridgehead atoms. The van der Waals surface area contributed by atoms with Gasteiger partial charge in [-0.3, -0.25) is 24.6 Å². The van der Waals surface area contributed by atoms with Crippen LogP contribution in [-0.4, -0.2) is 55.2 Å². The summed E-state index contributed by atoms with van der Waals surface area (Å²) in [6.45, 7) is 2.91. The summed E-state index contributed by atoms with van der Waals surface area (Å²) in [4.78, 5) is 41.4. The molecule has 3 amide bonds. The molecule has 0 N–H and O–H groups in total. The predicted molar refractivity (Wildman–Crippen MR) is 124 cm³/mol. The van der Waals surface area contributed by atoms with Crippen LogP contribution in [0.5, 0.6) is 0 Å². The molecule has 0 saturated carbocycles. The van der Waals surface area contributed by atoms with E-state index in [0.717, 1.165) is 30.8 Å². The van der Waals surface area contributed by atoms with Gasteiger partial charge in [-0.25, -0.2) is 4.79 Å². The van der Waals surface area contributed by atoms with E-state index in [1.54, 1.807) is 17.3 Å². The number of imide groups is 1. The quantitative estimate of drug-likeness (QED) is 0.548. The molecule has 2 fully saturated rings. The Balaban J connectivity index is 1.39. The van der Waals surface area contributed by atoms with Crippen molar-refractivity contribution in [3.63, 3.8) is 0 Å². The van der Waals surface area contributed by atoms with Gasteiger partial charge in [-0.1, -0.05) is 42.5 Å². The van der Waals surface area contributed by atoms with E-state index in [2.05, 4.69) is 20.9 Å². The molecule has 5 rings (SSSR count). The SMILES string of the molecule is O=C1N(Cc2ccccn2)C(=O)C2(CCN(Cc3cccnc3)CC2)N1Cc1ccccc1. The summed E-state index contributed by atoms with van der Waals surface area (Å²) >= 11 is 0. The third kappa shape index (κ3) is 4.24.